The minimum atomic E-state index is 0. The van der Waals surface area contributed by atoms with Crippen LogP contribution in [0.5, 0.6) is 0 Å². The average molecular weight is 542 g/mol. The van der Waals surface area contributed by atoms with Crippen LogP contribution in [-0.2, 0) is 13.1 Å². The minimum Gasteiger partial charge on any atom is -0.352 e. The Morgan fingerprint density at radius 3 is 2.41 bits per heavy atom. The van der Waals surface area contributed by atoms with Crippen molar-refractivity contribution in [1.82, 2.24) is 35.2 Å². The zero-order chi connectivity index (χ0) is 21.6. The number of aliphatic imine (C=N–C) groups is 1. The van der Waals surface area contributed by atoms with Crippen LogP contribution in [0, 0.1) is 13.8 Å². The number of para-hydroxylation sites is 2. The second-order valence-corrected chi connectivity index (χ2v) is 7.20. The maximum absolute atomic E-state index is 4.62. The molecule has 166 valence electrons. The third-order valence-electron chi connectivity index (χ3n) is 4.97. The van der Waals surface area contributed by atoms with Crippen molar-refractivity contribution in [2.24, 2.45) is 4.99 Å². The number of aryl methyl sites for hydroxylation is 2. The molecule has 0 aliphatic rings. The Kier molecular flexibility index (Phi) is 7.98. The summed E-state index contributed by atoms with van der Waals surface area (Å²) in [4.78, 5) is 4.34. The first kappa shape index (κ1) is 23.5. The van der Waals surface area contributed by atoms with Crippen LogP contribution >= 0.6 is 24.0 Å². The quantitative estimate of drug-likeness (QED) is 0.221. The van der Waals surface area contributed by atoms with Crippen molar-refractivity contribution in [3.05, 3.63) is 89.8 Å². The lowest BCUT2D eigenvalue weighted by Gasteiger charge is -2.15. The van der Waals surface area contributed by atoms with Crippen LogP contribution in [0.15, 0.2) is 72.0 Å². The molecule has 0 aliphatic carbocycles. The van der Waals surface area contributed by atoms with Crippen molar-refractivity contribution in [3.63, 3.8) is 0 Å². The Morgan fingerprint density at radius 2 is 1.69 bits per heavy atom. The summed E-state index contributed by atoms with van der Waals surface area (Å²) < 4.78 is 3.93. The molecule has 32 heavy (non-hydrogen) atoms. The van der Waals surface area contributed by atoms with E-state index in [0.29, 0.717) is 19.0 Å². The number of rotatable bonds is 6. The molecule has 0 bridgehead atoms. The topological polar surface area (TPSA) is 84.9 Å². The number of guanidine groups is 1. The van der Waals surface area contributed by atoms with E-state index in [1.54, 1.807) is 13.4 Å². The van der Waals surface area contributed by atoms with E-state index >= 15 is 0 Å². The second-order valence-electron chi connectivity index (χ2n) is 7.20. The molecule has 2 aromatic carbocycles. The highest BCUT2D eigenvalue weighted by Gasteiger charge is 2.10. The summed E-state index contributed by atoms with van der Waals surface area (Å²) in [5.41, 5.74) is 5.31. The summed E-state index contributed by atoms with van der Waals surface area (Å²) in [7, 11) is 1.75. The molecule has 4 rings (SSSR count). The Balaban J connectivity index is 0.00000289. The molecular weight excluding hydrogens is 515 g/mol. The fourth-order valence-corrected chi connectivity index (χ4v) is 3.49. The lowest BCUT2D eigenvalue weighted by molar-refractivity contribution is 0.747. The molecule has 0 spiro atoms. The molecule has 2 heterocycles. The minimum absolute atomic E-state index is 0. The normalized spacial score (nSPS) is 11.2. The molecule has 9 heteroatoms. The average Bonchev–Trinajstić information content (AvgIpc) is 3.40. The van der Waals surface area contributed by atoms with Crippen LogP contribution in [0.4, 0.5) is 0 Å². The van der Waals surface area contributed by atoms with Gasteiger partial charge in [0.25, 0.3) is 0 Å². The first-order valence-electron chi connectivity index (χ1n) is 10.2. The van der Waals surface area contributed by atoms with Crippen LogP contribution in [0.1, 0.15) is 22.8 Å². The summed E-state index contributed by atoms with van der Waals surface area (Å²) >= 11 is 0. The van der Waals surface area contributed by atoms with E-state index < -0.39 is 0 Å². The molecule has 8 nitrogen and oxygen atoms in total. The van der Waals surface area contributed by atoms with E-state index in [2.05, 4.69) is 56.0 Å². The van der Waals surface area contributed by atoms with E-state index in [1.807, 2.05) is 58.6 Å². The third-order valence-corrected chi connectivity index (χ3v) is 4.97. The van der Waals surface area contributed by atoms with Crippen molar-refractivity contribution >= 4 is 29.9 Å². The van der Waals surface area contributed by atoms with Gasteiger partial charge in [0.2, 0.25) is 0 Å². The van der Waals surface area contributed by atoms with E-state index in [0.717, 1.165) is 34.2 Å². The lowest BCUT2D eigenvalue weighted by atomic mass is 10.1. The molecule has 2 aromatic heterocycles. The number of hydrogen-bond donors (Lipinski definition) is 2. The first-order chi connectivity index (χ1) is 15.2. The highest BCUT2D eigenvalue weighted by molar-refractivity contribution is 14.0. The highest BCUT2D eigenvalue weighted by atomic mass is 127. The molecule has 0 radical (unpaired) electrons. The maximum atomic E-state index is 4.62. The number of nitrogens with one attached hydrogen (secondary N) is 2. The molecule has 4 aromatic rings. The zero-order valence-electron chi connectivity index (χ0n) is 18.4. The van der Waals surface area contributed by atoms with E-state index in [1.165, 1.54) is 0 Å². The van der Waals surface area contributed by atoms with Crippen LogP contribution < -0.4 is 10.6 Å². The van der Waals surface area contributed by atoms with Crippen molar-refractivity contribution in [2.75, 3.05) is 7.05 Å². The van der Waals surface area contributed by atoms with Crippen LogP contribution in [-0.4, -0.2) is 37.6 Å². The molecule has 0 atom stereocenters. The predicted molar refractivity (Wildman–Crippen MR) is 137 cm³/mol. The van der Waals surface area contributed by atoms with Gasteiger partial charge in [-0.25, -0.2) is 4.68 Å². The van der Waals surface area contributed by atoms with Gasteiger partial charge in [0.05, 0.1) is 17.9 Å². The standard InChI is InChI=1S/C23H26N8.HI/c1-17-13-18(2)31(29-17)21-12-8-7-9-19(21)14-25-23(24-3)26-15-22-28-27-16-30(22)20-10-5-4-6-11-20;/h4-13,16H,14-15H2,1-3H3,(H2,24,25,26);1H. The van der Waals surface area contributed by atoms with Crippen LogP contribution in [0.3, 0.4) is 0 Å². The Bertz CT molecular complexity index is 1180. The molecule has 0 fully saturated rings. The van der Waals surface area contributed by atoms with Crippen LogP contribution in [0.25, 0.3) is 11.4 Å². The van der Waals surface area contributed by atoms with Gasteiger partial charge in [0.15, 0.2) is 11.8 Å². The van der Waals surface area contributed by atoms with Crippen molar-refractivity contribution in [1.29, 1.82) is 0 Å². The number of benzene rings is 2. The van der Waals surface area contributed by atoms with Gasteiger partial charge in [-0.15, -0.1) is 34.2 Å². The van der Waals surface area contributed by atoms with E-state index in [4.69, 9.17) is 0 Å². The first-order valence-corrected chi connectivity index (χ1v) is 10.2. The summed E-state index contributed by atoms with van der Waals surface area (Å²) in [5, 5.41) is 19.6. The van der Waals surface area contributed by atoms with Gasteiger partial charge in [0.1, 0.15) is 6.33 Å². The van der Waals surface area contributed by atoms with Crippen molar-refractivity contribution < 1.29 is 0 Å². The molecular formula is C23H27IN8. The number of halogens is 1. The number of nitrogens with zero attached hydrogens (tertiary/aromatic N) is 6. The fourth-order valence-electron chi connectivity index (χ4n) is 3.49. The molecule has 0 unspecified atom stereocenters. The van der Waals surface area contributed by atoms with Gasteiger partial charge in [-0.05, 0) is 43.7 Å². The monoisotopic (exact) mass is 542 g/mol. The van der Waals surface area contributed by atoms with Gasteiger partial charge in [-0.3, -0.25) is 9.56 Å². The van der Waals surface area contributed by atoms with Gasteiger partial charge >= 0.3 is 0 Å². The predicted octanol–water partition coefficient (Wildman–Crippen LogP) is 3.55. The number of hydrogen-bond acceptors (Lipinski definition) is 4. The Hall–Kier alpha value is -3.21. The van der Waals surface area contributed by atoms with Gasteiger partial charge in [-0.1, -0.05) is 36.4 Å². The van der Waals surface area contributed by atoms with E-state index in [9.17, 15) is 0 Å². The number of aromatic nitrogens is 5. The third kappa shape index (κ3) is 5.34. The van der Waals surface area contributed by atoms with Crippen molar-refractivity contribution in [2.45, 2.75) is 26.9 Å². The fraction of sp³-hybridized carbons (Fsp3) is 0.217. The molecule has 0 amide bonds. The SMILES string of the molecule is CN=C(NCc1ccccc1-n1nc(C)cc1C)NCc1nncn1-c1ccccc1.I. The van der Waals surface area contributed by atoms with Crippen molar-refractivity contribution in [3.8, 4) is 11.4 Å². The summed E-state index contributed by atoms with van der Waals surface area (Å²) in [6, 6.07) is 20.3. The summed E-state index contributed by atoms with van der Waals surface area (Å²) in [6.45, 7) is 5.17. The molecule has 0 saturated heterocycles. The van der Waals surface area contributed by atoms with Crippen LogP contribution in [0.2, 0.25) is 0 Å². The van der Waals surface area contributed by atoms with Gasteiger partial charge in [0, 0.05) is 25.0 Å². The smallest absolute Gasteiger partial charge is 0.191 e. The largest absolute Gasteiger partial charge is 0.352 e. The van der Waals surface area contributed by atoms with Gasteiger partial charge < -0.3 is 10.6 Å². The molecule has 2 N–H and O–H groups in total. The Morgan fingerprint density at radius 1 is 0.969 bits per heavy atom. The van der Waals surface area contributed by atoms with E-state index in [-0.39, 0.29) is 24.0 Å². The summed E-state index contributed by atoms with van der Waals surface area (Å²) in [6.07, 6.45) is 1.72. The van der Waals surface area contributed by atoms with Gasteiger partial charge in [-0.2, -0.15) is 5.10 Å². The molecule has 0 aliphatic heterocycles. The second kappa shape index (κ2) is 10.9. The maximum Gasteiger partial charge on any atom is 0.191 e. The zero-order valence-corrected chi connectivity index (χ0v) is 20.7. The summed E-state index contributed by atoms with van der Waals surface area (Å²) in [5.74, 6) is 1.49. The lowest BCUT2D eigenvalue weighted by Crippen LogP contribution is -2.37. The molecule has 0 saturated carbocycles. The Labute approximate surface area is 204 Å². The highest BCUT2D eigenvalue weighted by Crippen LogP contribution is 2.17.